The summed E-state index contributed by atoms with van der Waals surface area (Å²) in [5, 5.41) is 3.52. The van der Waals surface area contributed by atoms with Crippen LogP contribution in [0.5, 0.6) is 0 Å². The topological polar surface area (TPSA) is 27.7 Å². The summed E-state index contributed by atoms with van der Waals surface area (Å²) in [7, 11) is 1.85. The first-order valence-electron chi connectivity index (χ1n) is 3.84. The standard InChI is InChI=1S/C8H11N3O/c1-10-11(9-12-10)7-8-5-3-2-4-6-8/h2-6,9H,7H2,1H3. The fourth-order valence-electron chi connectivity index (χ4n) is 1.07. The average Bonchev–Trinajstić information content (AvgIpc) is 2.14. The Morgan fingerprint density at radius 1 is 1.33 bits per heavy atom. The van der Waals surface area contributed by atoms with Crippen molar-refractivity contribution < 1.29 is 4.94 Å². The van der Waals surface area contributed by atoms with Crippen molar-refractivity contribution in [3.05, 3.63) is 35.9 Å². The van der Waals surface area contributed by atoms with Crippen molar-refractivity contribution in [2.45, 2.75) is 6.54 Å². The van der Waals surface area contributed by atoms with Crippen molar-refractivity contribution in [3.8, 4) is 0 Å². The van der Waals surface area contributed by atoms with Gasteiger partial charge in [0.1, 0.15) is 0 Å². The van der Waals surface area contributed by atoms with Gasteiger partial charge in [0.05, 0.1) is 6.54 Å². The molecule has 1 N–H and O–H groups in total. The molecule has 0 bridgehead atoms. The third-order valence-electron chi connectivity index (χ3n) is 1.79. The lowest BCUT2D eigenvalue weighted by Gasteiger charge is -2.38. The van der Waals surface area contributed by atoms with Crippen molar-refractivity contribution in [2.75, 3.05) is 7.05 Å². The number of rotatable bonds is 2. The molecule has 1 aromatic carbocycles. The Kier molecular flexibility index (Phi) is 2.05. The van der Waals surface area contributed by atoms with Crippen molar-refractivity contribution in [3.63, 3.8) is 0 Å². The van der Waals surface area contributed by atoms with Gasteiger partial charge in [0.2, 0.25) is 0 Å². The van der Waals surface area contributed by atoms with Crippen LogP contribution in [0, 0.1) is 0 Å². The van der Waals surface area contributed by atoms with Crippen LogP contribution in [-0.2, 0) is 11.5 Å². The molecule has 12 heavy (non-hydrogen) atoms. The summed E-state index contributed by atoms with van der Waals surface area (Å²) in [5.74, 6) is 0. The van der Waals surface area contributed by atoms with E-state index in [0.717, 1.165) is 6.54 Å². The molecule has 0 radical (unpaired) electrons. The van der Waals surface area contributed by atoms with Gasteiger partial charge in [-0.1, -0.05) is 41.1 Å². The van der Waals surface area contributed by atoms with Crippen LogP contribution in [0.4, 0.5) is 0 Å². The predicted molar refractivity (Wildman–Crippen MR) is 44.0 cm³/mol. The molecule has 1 aliphatic rings. The highest BCUT2D eigenvalue weighted by Crippen LogP contribution is 2.08. The average molecular weight is 165 g/mol. The summed E-state index contributed by atoms with van der Waals surface area (Å²) in [6.45, 7) is 0.817. The third kappa shape index (κ3) is 1.46. The van der Waals surface area contributed by atoms with Crippen LogP contribution in [-0.4, -0.2) is 17.3 Å². The summed E-state index contributed by atoms with van der Waals surface area (Å²) < 4.78 is 0. The molecule has 1 aliphatic heterocycles. The molecule has 4 heteroatoms. The fourth-order valence-corrected chi connectivity index (χ4v) is 1.07. The highest BCUT2D eigenvalue weighted by molar-refractivity contribution is 5.14. The number of nitrogens with one attached hydrogen (secondary N) is 1. The van der Waals surface area contributed by atoms with Crippen molar-refractivity contribution in [2.24, 2.45) is 0 Å². The molecule has 0 atom stereocenters. The smallest absolute Gasteiger partial charge is 0.0587 e. The zero-order chi connectivity index (χ0) is 8.39. The van der Waals surface area contributed by atoms with Gasteiger partial charge in [-0.15, -0.1) is 5.12 Å². The highest BCUT2D eigenvalue weighted by atomic mass is 17.0. The summed E-state index contributed by atoms with van der Waals surface area (Å²) in [6, 6.07) is 10.2. The number of benzene rings is 1. The maximum absolute atomic E-state index is 4.82. The second-order valence-electron chi connectivity index (χ2n) is 2.69. The van der Waals surface area contributed by atoms with Gasteiger partial charge in [-0.05, 0) is 5.56 Å². The largest absolute Gasteiger partial charge is 0.178 e. The lowest BCUT2D eigenvalue weighted by molar-refractivity contribution is -0.486. The minimum absolute atomic E-state index is 0.817. The van der Waals surface area contributed by atoms with Crippen LogP contribution < -0.4 is 5.59 Å². The molecule has 1 fully saturated rings. The van der Waals surface area contributed by atoms with Crippen LogP contribution in [0.15, 0.2) is 30.3 Å². The fraction of sp³-hybridized carbons (Fsp3) is 0.250. The molecule has 0 saturated carbocycles. The van der Waals surface area contributed by atoms with Gasteiger partial charge in [-0.25, -0.2) is 0 Å². The molecule has 0 aromatic heterocycles. The molecule has 64 valence electrons. The minimum Gasteiger partial charge on any atom is -0.178 e. The summed E-state index contributed by atoms with van der Waals surface area (Å²) in [4.78, 5) is 4.82. The van der Waals surface area contributed by atoms with E-state index in [1.54, 1.807) is 5.17 Å². The number of hydrazine groups is 2. The molecule has 1 saturated heterocycles. The van der Waals surface area contributed by atoms with Gasteiger partial charge in [0.25, 0.3) is 0 Å². The van der Waals surface area contributed by atoms with Gasteiger partial charge >= 0.3 is 0 Å². The van der Waals surface area contributed by atoms with Gasteiger partial charge in [0, 0.05) is 7.05 Å². The maximum Gasteiger partial charge on any atom is 0.0587 e. The Balaban J connectivity index is 1.95. The second-order valence-corrected chi connectivity index (χ2v) is 2.69. The monoisotopic (exact) mass is 165 g/mol. The Hall–Kier alpha value is -0.940. The van der Waals surface area contributed by atoms with E-state index in [1.165, 1.54) is 5.56 Å². The van der Waals surface area contributed by atoms with Gasteiger partial charge in [0.15, 0.2) is 0 Å². The molecule has 0 spiro atoms. The quantitative estimate of drug-likeness (QED) is 0.698. The van der Waals surface area contributed by atoms with E-state index in [1.807, 2.05) is 30.4 Å². The normalized spacial score (nSPS) is 19.1. The zero-order valence-corrected chi connectivity index (χ0v) is 6.90. The van der Waals surface area contributed by atoms with E-state index in [4.69, 9.17) is 4.94 Å². The zero-order valence-electron chi connectivity index (χ0n) is 6.90. The van der Waals surface area contributed by atoms with Gasteiger partial charge in [-0.3, -0.25) is 0 Å². The van der Waals surface area contributed by atoms with Crippen LogP contribution in [0.3, 0.4) is 0 Å². The van der Waals surface area contributed by atoms with Crippen molar-refractivity contribution in [1.29, 1.82) is 0 Å². The van der Waals surface area contributed by atoms with E-state index in [9.17, 15) is 0 Å². The Morgan fingerprint density at radius 2 is 2.08 bits per heavy atom. The summed E-state index contributed by atoms with van der Waals surface area (Å²) >= 11 is 0. The molecule has 1 heterocycles. The molecule has 1 aromatic rings. The van der Waals surface area contributed by atoms with E-state index < -0.39 is 0 Å². The Labute approximate surface area is 71.2 Å². The predicted octanol–water partition coefficient (Wildman–Crippen LogP) is 0.700. The van der Waals surface area contributed by atoms with Gasteiger partial charge < -0.3 is 0 Å². The lowest BCUT2D eigenvalue weighted by atomic mass is 10.2. The molecular formula is C8H11N3O. The molecule has 0 aliphatic carbocycles. The Bertz CT molecular complexity index is 252. The van der Waals surface area contributed by atoms with Crippen LogP contribution in [0.25, 0.3) is 0 Å². The lowest BCUT2D eigenvalue weighted by Crippen LogP contribution is -2.61. The van der Waals surface area contributed by atoms with E-state index in [-0.39, 0.29) is 0 Å². The van der Waals surface area contributed by atoms with Crippen LogP contribution in [0.1, 0.15) is 5.56 Å². The molecule has 2 rings (SSSR count). The van der Waals surface area contributed by atoms with Crippen LogP contribution in [0.2, 0.25) is 0 Å². The molecule has 0 unspecified atom stereocenters. The summed E-state index contributed by atoms with van der Waals surface area (Å²) in [6.07, 6.45) is 0. The minimum atomic E-state index is 0.817. The number of hydrogen-bond donors (Lipinski definition) is 1. The van der Waals surface area contributed by atoms with E-state index in [0.29, 0.717) is 0 Å². The van der Waals surface area contributed by atoms with E-state index >= 15 is 0 Å². The highest BCUT2D eigenvalue weighted by Gasteiger charge is 2.21. The number of hydrogen-bond acceptors (Lipinski definition) is 4. The molecule has 0 amide bonds. The van der Waals surface area contributed by atoms with Crippen LogP contribution >= 0.6 is 0 Å². The second kappa shape index (κ2) is 3.20. The third-order valence-corrected chi connectivity index (χ3v) is 1.79. The maximum atomic E-state index is 4.82. The summed E-state index contributed by atoms with van der Waals surface area (Å²) in [5.41, 5.74) is 3.95. The molecule has 4 nitrogen and oxygen atoms in total. The van der Waals surface area contributed by atoms with E-state index in [2.05, 4.69) is 17.7 Å². The first kappa shape index (κ1) is 7.70. The van der Waals surface area contributed by atoms with Crippen molar-refractivity contribution in [1.82, 2.24) is 15.9 Å². The molecular weight excluding hydrogens is 154 g/mol. The van der Waals surface area contributed by atoms with Crippen molar-refractivity contribution >= 4 is 0 Å². The SMILES string of the molecule is CN1ONN1Cc1ccccc1. The number of hydroxylamine groups is 1. The first-order chi connectivity index (χ1) is 5.86. The van der Waals surface area contributed by atoms with Gasteiger partial charge in [-0.2, -0.15) is 4.94 Å². The Morgan fingerprint density at radius 3 is 2.58 bits per heavy atom. The first-order valence-corrected chi connectivity index (χ1v) is 3.84. The number of nitrogens with zero attached hydrogens (tertiary/aromatic N) is 2.